The van der Waals surface area contributed by atoms with Gasteiger partial charge < -0.3 is 14.4 Å². The molecule has 0 spiro atoms. The molecule has 0 bridgehead atoms. The topological polar surface area (TPSA) is 51.5 Å². The maximum atomic E-state index is 10.8. The molecule has 19 heavy (non-hydrogen) atoms. The summed E-state index contributed by atoms with van der Waals surface area (Å²) in [5.41, 5.74) is 4.13. The van der Waals surface area contributed by atoms with Crippen molar-refractivity contribution < 1.29 is 14.6 Å². The van der Waals surface area contributed by atoms with E-state index < -0.39 is 5.97 Å². The third kappa shape index (κ3) is 1.71. The quantitative estimate of drug-likeness (QED) is 0.842. The van der Waals surface area contributed by atoms with Crippen LogP contribution < -0.4 is 4.74 Å². The largest absolute Gasteiger partial charge is 0.496 e. The predicted molar refractivity (Wildman–Crippen MR) is 73.5 cm³/mol. The van der Waals surface area contributed by atoms with Crippen molar-refractivity contribution >= 4 is 22.4 Å². The van der Waals surface area contributed by atoms with Crippen LogP contribution in [0.4, 0.5) is 0 Å². The number of aromatic nitrogens is 1. The molecule has 0 radical (unpaired) electrons. The van der Waals surface area contributed by atoms with Gasteiger partial charge in [-0.05, 0) is 37.1 Å². The van der Waals surface area contributed by atoms with Crippen molar-refractivity contribution in [1.29, 1.82) is 0 Å². The highest BCUT2D eigenvalue weighted by Crippen LogP contribution is 2.37. The Morgan fingerprint density at radius 1 is 1.47 bits per heavy atom. The number of carboxylic acid groups (broad SMARTS) is 1. The SMILES string of the molecule is COc1ccc2c(cc3n2CCC3=CC(=O)O)c1C. The van der Waals surface area contributed by atoms with Gasteiger partial charge in [-0.3, -0.25) is 0 Å². The first kappa shape index (κ1) is 11.8. The number of aliphatic carboxylic acids is 1. The molecule has 4 nitrogen and oxygen atoms in total. The summed E-state index contributed by atoms with van der Waals surface area (Å²) >= 11 is 0. The predicted octanol–water partition coefficient (Wildman–Crippen LogP) is 2.83. The van der Waals surface area contributed by atoms with Crippen molar-refractivity contribution in [3.8, 4) is 5.75 Å². The van der Waals surface area contributed by atoms with E-state index in [1.165, 1.54) is 6.08 Å². The van der Waals surface area contributed by atoms with Gasteiger partial charge in [0.05, 0.1) is 7.11 Å². The van der Waals surface area contributed by atoms with Crippen LogP contribution in [-0.2, 0) is 11.3 Å². The Labute approximate surface area is 110 Å². The maximum absolute atomic E-state index is 10.8. The lowest BCUT2D eigenvalue weighted by molar-refractivity contribution is -0.131. The van der Waals surface area contributed by atoms with Gasteiger partial charge in [-0.15, -0.1) is 0 Å². The molecular formula is C15H15NO3. The minimum absolute atomic E-state index is 0.780. The van der Waals surface area contributed by atoms with Crippen LogP contribution in [0.3, 0.4) is 0 Å². The number of ether oxygens (including phenoxy) is 1. The Morgan fingerprint density at radius 2 is 2.26 bits per heavy atom. The van der Waals surface area contributed by atoms with Gasteiger partial charge in [0.1, 0.15) is 5.75 Å². The molecule has 1 aliphatic heterocycles. The molecule has 0 atom stereocenters. The highest BCUT2D eigenvalue weighted by Gasteiger charge is 2.21. The Kier molecular flexibility index (Phi) is 2.59. The number of hydrogen-bond acceptors (Lipinski definition) is 2. The minimum atomic E-state index is -0.886. The molecule has 98 valence electrons. The number of fused-ring (bicyclic) bond motifs is 3. The highest BCUT2D eigenvalue weighted by atomic mass is 16.5. The second kappa shape index (κ2) is 4.16. The summed E-state index contributed by atoms with van der Waals surface area (Å²) in [5.74, 6) is -0.0245. The van der Waals surface area contributed by atoms with Crippen molar-refractivity contribution in [2.45, 2.75) is 19.9 Å². The lowest BCUT2D eigenvalue weighted by Crippen LogP contribution is -1.92. The highest BCUT2D eigenvalue weighted by molar-refractivity contribution is 5.95. The maximum Gasteiger partial charge on any atom is 0.328 e. The van der Waals surface area contributed by atoms with E-state index in [1.807, 2.05) is 19.1 Å². The standard InChI is InChI=1S/C15H15NO3/c1-9-11-8-13-10(7-15(17)18)5-6-16(13)12(11)3-4-14(9)19-2/h3-4,7-8H,5-6H2,1-2H3,(H,17,18). The number of hydrogen-bond donors (Lipinski definition) is 1. The van der Waals surface area contributed by atoms with Crippen LogP contribution >= 0.6 is 0 Å². The first-order chi connectivity index (χ1) is 9.11. The summed E-state index contributed by atoms with van der Waals surface area (Å²) in [6.07, 6.45) is 2.09. The van der Waals surface area contributed by atoms with E-state index >= 15 is 0 Å². The zero-order valence-corrected chi connectivity index (χ0v) is 10.9. The second-order valence-corrected chi connectivity index (χ2v) is 4.76. The fourth-order valence-electron chi connectivity index (χ4n) is 2.84. The van der Waals surface area contributed by atoms with E-state index in [0.717, 1.165) is 46.4 Å². The number of methoxy groups -OCH3 is 1. The number of carboxylic acids is 1. The van der Waals surface area contributed by atoms with Gasteiger partial charge in [0, 0.05) is 34.8 Å². The molecular weight excluding hydrogens is 242 g/mol. The van der Waals surface area contributed by atoms with Gasteiger partial charge in [0.2, 0.25) is 0 Å². The van der Waals surface area contributed by atoms with Crippen molar-refractivity contribution in [2.75, 3.05) is 7.11 Å². The van der Waals surface area contributed by atoms with Crippen molar-refractivity contribution in [3.05, 3.63) is 35.5 Å². The lowest BCUT2D eigenvalue weighted by Gasteiger charge is -2.06. The molecule has 1 N–H and O–H groups in total. The number of benzene rings is 1. The number of nitrogens with zero attached hydrogens (tertiary/aromatic N) is 1. The number of carbonyl (C=O) groups is 1. The van der Waals surface area contributed by atoms with Crippen LogP contribution in [0, 0.1) is 6.92 Å². The third-order valence-electron chi connectivity index (χ3n) is 3.76. The van der Waals surface area contributed by atoms with Gasteiger partial charge in [0.25, 0.3) is 0 Å². The first-order valence-corrected chi connectivity index (χ1v) is 6.22. The smallest absolute Gasteiger partial charge is 0.328 e. The first-order valence-electron chi connectivity index (χ1n) is 6.22. The molecule has 2 heterocycles. The van der Waals surface area contributed by atoms with Crippen LogP contribution in [0.5, 0.6) is 5.75 Å². The van der Waals surface area contributed by atoms with Crippen LogP contribution in [0.25, 0.3) is 16.5 Å². The molecule has 4 heteroatoms. The van der Waals surface area contributed by atoms with Crippen LogP contribution in [0.2, 0.25) is 0 Å². The average Bonchev–Trinajstić information content (AvgIpc) is 2.90. The van der Waals surface area contributed by atoms with Crippen molar-refractivity contribution in [1.82, 2.24) is 4.57 Å². The van der Waals surface area contributed by atoms with Gasteiger partial charge in [-0.2, -0.15) is 0 Å². The molecule has 0 saturated heterocycles. The fraction of sp³-hybridized carbons (Fsp3) is 0.267. The van der Waals surface area contributed by atoms with Gasteiger partial charge >= 0.3 is 5.97 Å². The van der Waals surface area contributed by atoms with E-state index in [0.29, 0.717) is 0 Å². The molecule has 3 rings (SSSR count). The van der Waals surface area contributed by atoms with Gasteiger partial charge in [0.15, 0.2) is 0 Å². The second-order valence-electron chi connectivity index (χ2n) is 4.76. The summed E-state index contributed by atoms with van der Waals surface area (Å²) in [7, 11) is 1.66. The molecule has 0 fully saturated rings. The lowest BCUT2D eigenvalue weighted by atomic mass is 10.1. The minimum Gasteiger partial charge on any atom is -0.496 e. The van der Waals surface area contributed by atoms with E-state index in [4.69, 9.17) is 9.84 Å². The van der Waals surface area contributed by atoms with Crippen molar-refractivity contribution in [3.63, 3.8) is 0 Å². The number of allylic oxidation sites excluding steroid dienone is 1. The monoisotopic (exact) mass is 257 g/mol. The summed E-state index contributed by atoms with van der Waals surface area (Å²) in [6.45, 7) is 2.86. The summed E-state index contributed by atoms with van der Waals surface area (Å²) in [4.78, 5) is 10.8. The summed E-state index contributed by atoms with van der Waals surface area (Å²) < 4.78 is 7.50. The fourth-order valence-corrected chi connectivity index (χ4v) is 2.84. The zero-order chi connectivity index (χ0) is 13.6. The average molecular weight is 257 g/mol. The molecule has 1 aromatic heterocycles. The summed E-state index contributed by atoms with van der Waals surface area (Å²) in [6, 6.07) is 6.06. The van der Waals surface area contributed by atoms with E-state index in [-0.39, 0.29) is 0 Å². The van der Waals surface area contributed by atoms with Crippen LogP contribution in [-0.4, -0.2) is 22.8 Å². The van der Waals surface area contributed by atoms with Crippen LogP contribution in [0.15, 0.2) is 24.3 Å². The molecule has 0 aliphatic carbocycles. The van der Waals surface area contributed by atoms with E-state index in [1.54, 1.807) is 7.11 Å². The molecule has 0 unspecified atom stereocenters. The van der Waals surface area contributed by atoms with Gasteiger partial charge in [-0.1, -0.05) is 0 Å². The molecule has 1 aliphatic rings. The Bertz CT molecular complexity index is 710. The normalized spacial score (nSPS) is 16.0. The Balaban J connectivity index is 2.24. The zero-order valence-electron chi connectivity index (χ0n) is 10.9. The molecule has 0 saturated carbocycles. The third-order valence-corrected chi connectivity index (χ3v) is 3.76. The summed E-state index contributed by atoms with van der Waals surface area (Å²) in [5, 5.41) is 10.0. The number of rotatable bonds is 2. The van der Waals surface area contributed by atoms with Gasteiger partial charge in [-0.25, -0.2) is 4.79 Å². The molecule has 0 amide bonds. The van der Waals surface area contributed by atoms with Crippen LogP contribution in [0.1, 0.15) is 17.7 Å². The van der Waals surface area contributed by atoms with E-state index in [2.05, 4.69) is 10.6 Å². The van der Waals surface area contributed by atoms with E-state index in [9.17, 15) is 4.79 Å². The van der Waals surface area contributed by atoms with Crippen molar-refractivity contribution in [2.24, 2.45) is 0 Å². The number of aryl methyl sites for hydroxylation is 2. The Hall–Kier alpha value is -2.23. The molecule has 1 aromatic carbocycles. The molecule has 2 aromatic rings. The Morgan fingerprint density at radius 3 is 2.95 bits per heavy atom.